The van der Waals surface area contributed by atoms with E-state index < -0.39 is 0 Å². The Morgan fingerprint density at radius 3 is 2.44 bits per heavy atom. The molecule has 0 saturated heterocycles. The average Bonchev–Trinajstić information content (AvgIpc) is 2.27. The Morgan fingerprint density at radius 2 is 1.94 bits per heavy atom. The summed E-state index contributed by atoms with van der Waals surface area (Å²) in [6.07, 6.45) is 0. The molecule has 4 heteroatoms. The van der Waals surface area contributed by atoms with Crippen LogP contribution in [-0.4, -0.2) is 12.5 Å². The van der Waals surface area contributed by atoms with Crippen molar-refractivity contribution in [3.63, 3.8) is 0 Å². The standard InChI is InChI=1S/C14H22N2O.ClH/c1-9-5-6-13(10(2)7-9)12(4)16-14(17)11(3)8-15;/h5-7,11-12H,8,15H2,1-4H3,(H,16,17);1H. The first-order valence-electron chi connectivity index (χ1n) is 6.03. The molecule has 1 aromatic rings. The predicted octanol–water partition coefficient (Wildman–Crippen LogP) is 2.50. The van der Waals surface area contributed by atoms with Crippen LogP contribution in [0.25, 0.3) is 0 Å². The minimum Gasteiger partial charge on any atom is -0.349 e. The minimum atomic E-state index is -0.136. The van der Waals surface area contributed by atoms with Gasteiger partial charge >= 0.3 is 0 Å². The Morgan fingerprint density at radius 1 is 1.33 bits per heavy atom. The lowest BCUT2D eigenvalue weighted by molar-refractivity contribution is -0.124. The molecular formula is C14H23ClN2O. The van der Waals surface area contributed by atoms with Crippen LogP contribution in [0.4, 0.5) is 0 Å². The Balaban J connectivity index is 0.00000289. The smallest absolute Gasteiger partial charge is 0.224 e. The van der Waals surface area contributed by atoms with Crippen LogP contribution in [0.3, 0.4) is 0 Å². The summed E-state index contributed by atoms with van der Waals surface area (Å²) in [5.74, 6) is -0.122. The zero-order chi connectivity index (χ0) is 13.0. The number of nitrogens with one attached hydrogen (secondary N) is 1. The summed E-state index contributed by atoms with van der Waals surface area (Å²) in [7, 11) is 0. The number of aryl methyl sites for hydroxylation is 2. The Bertz CT molecular complexity index is 407. The van der Waals surface area contributed by atoms with E-state index in [1.165, 1.54) is 11.1 Å². The molecule has 18 heavy (non-hydrogen) atoms. The first-order valence-corrected chi connectivity index (χ1v) is 6.03. The van der Waals surface area contributed by atoms with Crippen LogP contribution < -0.4 is 11.1 Å². The number of benzene rings is 1. The van der Waals surface area contributed by atoms with Crippen molar-refractivity contribution in [1.29, 1.82) is 0 Å². The van der Waals surface area contributed by atoms with Gasteiger partial charge in [-0.1, -0.05) is 30.7 Å². The molecule has 0 bridgehead atoms. The number of rotatable bonds is 4. The maximum Gasteiger partial charge on any atom is 0.224 e. The SMILES string of the molecule is Cc1ccc(C(C)NC(=O)C(C)CN)c(C)c1.Cl. The van der Waals surface area contributed by atoms with Crippen LogP contribution >= 0.6 is 12.4 Å². The second kappa shape index (κ2) is 7.39. The van der Waals surface area contributed by atoms with Crippen molar-refractivity contribution in [3.8, 4) is 0 Å². The molecule has 3 nitrogen and oxygen atoms in total. The number of carbonyl (C=O) groups excluding carboxylic acids is 1. The monoisotopic (exact) mass is 270 g/mol. The molecular weight excluding hydrogens is 248 g/mol. The lowest BCUT2D eigenvalue weighted by Gasteiger charge is -2.19. The second-order valence-electron chi connectivity index (χ2n) is 4.73. The minimum absolute atomic E-state index is 0. The number of nitrogens with two attached hydrogens (primary N) is 1. The fraction of sp³-hybridized carbons (Fsp3) is 0.500. The zero-order valence-corrected chi connectivity index (χ0v) is 12.3. The summed E-state index contributed by atoms with van der Waals surface area (Å²) in [6, 6.07) is 6.29. The van der Waals surface area contributed by atoms with Crippen molar-refractivity contribution in [3.05, 3.63) is 34.9 Å². The van der Waals surface area contributed by atoms with E-state index in [0.717, 1.165) is 5.56 Å². The van der Waals surface area contributed by atoms with E-state index in [4.69, 9.17) is 5.73 Å². The summed E-state index contributed by atoms with van der Waals surface area (Å²) < 4.78 is 0. The molecule has 1 rings (SSSR count). The maximum absolute atomic E-state index is 11.7. The molecule has 0 aliphatic carbocycles. The van der Waals surface area contributed by atoms with Crippen molar-refractivity contribution < 1.29 is 4.79 Å². The van der Waals surface area contributed by atoms with Gasteiger partial charge in [0.1, 0.15) is 0 Å². The quantitative estimate of drug-likeness (QED) is 0.883. The molecule has 0 saturated carbocycles. The molecule has 0 fully saturated rings. The van der Waals surface area contributed by atoms with E-state index in [0.29, 0.717) is 6.54 Å². The number of hydrogen-bond acceptors (Lipinski definition) is 2. The third-order valence-corrected chi connectivity index (χ3v) is 3.05. The van der Waals surface area contributed by atoms with Crippen molar-refractivity contribution in [2.45, 2.75) is 33.7 Å². The average molecular weight is 271 g/mol. The van der Waals surface area contributed by atoms with Gasteiger partial charge in [-0.25, -0.2) is 0 Å². The number of halogens is 1. The number of amides is 1. The molecule has 2 unspecified atom stereocenters. The highest BCUT2D eigenvalue weighted by Crippen LogP contribution is 2.18. The van der Waals surface area contributed by atoms with Gasteiger partial charge in [0.05, 0.1) is 6.04 Å². The summed E-state index contributed by atoms with van der Waals surface area (Å²) >= 11 is 0. The summed E-state index contributed by atoms with van der Waals surface area (Å²) in [5.41, 5.74) is 9.08. The van der Waals surface area contributed by atoms with Gasteiger partial charge in [0, 0.05) is 12.5 Å². The fourth-order valence-corrected chi connectivity index (χ4v) is 1.85. The van der Waals surface area contributed by atoms with Crippen molar-refractivity contribution in [2.75, 3.05) is 6.54 Å². The van der Waals surface area contributed by atoms with Gasteiger partial charge in [0.25, 0.3) is 0 Å². The summed E-state index contributed by atoms with van der Waals surface area (Å²) in [5, 5.41) is 2.99. The van der Waals surface area contributed by atoms with E-state index in [1.807, 2.05) is 13.8 Å². The highest BCUT2D eigenvalue weighted by molar-refractivity contribution is 5.85. The molecule has 0 aliphatic rings. The van der Waals surface area contributed by atoms with Crippen LogP contribution in [-0.2, 0) is 4.79 Å². The highest BCUT2D eigenvalue weighted by atomic mass is 35.5. The first-order chi connectivity index (χ1) is 7.95. The summed E-state index contributed by atoms with van der Waals surface area (Å²) in [6.45, 7) is 8.35. The van der Waals surface area contributed by atoms with Gasteiger partial charge in [-0.15, -0.1) is 12.4 Å². The molecule has 0 heterocycles. The van der Waals surface area contributed by atoms with E-state index in [-0.39, 0.29) is 30.3 Å². The zero-order valence-electron chi connectivity index (χ0n) is 11.5. The van der Waals surface area contributed by atoms with E-state index >= 15 is 0 Å². The Labute approximate surface area is 116 Å². The van der Waals surface area contributed by atoms with Crippen LogP contribution in [0.15, 0.2) is 18.2 Å². The fourth-order valence-electron chi connectivity index (χ4n) is 1.85. The lowest BCUT2D eigenvalue weighted by Crippen LogP contribution is -2.35. The third kappa shape index (κ3) is 4.31. The van der Waals surface area contributed by atoms with Crippen molar-refractivity contribution in [1.82, 2.24) is 5.32 Å². The Kier molecular flexibility index (Phi) is 6.96. The molecule has 0 aliphatic heterocycles. The van der Waals surface area contributed by atoms with Crippen LogP contribution in [0.5, 0.6) is 0 Å². The van der Waals surface area contributed by atoms with Crippen molar-refractivity contribution in [2.24, 2.45) is 11.7 Å². The third-order valence-electron chi connectivity index (χ3n) is 3.05. The Hall–Kier alpha value is -1.06. The number of hydrogen-bond donors (Lipinski definition) is 2. The maximum atomic E-state index is 11.7. The molecule has 3 N–H and O–H groups in total. The molecule has 0 radical (unpaired) electrons. The van der Waals surface area contributed by atoms with Crippen molar-refractivity contribution >= 4 is 18.3 Å². The molecule has 1 aromatic carbocycles. The van der Waals surface area contributed by atoms with Gasteiger partial charge < -0.3 is 11.1 Å². The van der Waals surface area contributed by atoms with Crippen LogP contribution in [0.1, 0.15) is 36.6 Å². The summed E-state index contributed by atoms with van der Waals surface area (Å²) in [4.78, 5) is 11.7. The van der Waals surface area contributed by atoms with E-state index in [1.54, 1.807) is 0 Å². The van der Waals surface area contributed by atoms with E-state index in [2.05, 4.69) is 37.4 Å². The van der Waals surface area contributed by atoms with Crippen LogP contribution in [0, 0.1) is 19.8 Å². The van der Waals surface area contributed by atoms with Gasteiger partial charge in [-0.3, -0.25) is 4.79 Å². The lowest BCUT2D eigenvalue weighted by atomic mass is 9.99. The predicted molar refractivity (Wildman–Crippen MR) is 77.9 cm³/mol. The molecule has 0 aromatic heterocycles. The normalized spacial score (nSPS) is 13.4. The largest absolute Gasteiger partial charge is 0.349 e. The highest BCUT2D eigenvalue weighted by Gasteiger charge is 2.15. The van der Waals surface area contributed by atoms with Gasteiger partial charge in [0.15, 0.2) is 0 Å². The topological polar surface area (TPSA) is 55.1 Å². The molecule has 1 amide bonds. The van der Waals surface area contributed by atoms with Gasteiger partial charge in [0.2, 0.25) is 5.91 Å². The molecule has 102 valence electrons. The van der Waals surface area contributed by atoms with Gasteiger partial charge in [-0.05, 0) is 31.9 Å². The second-order valence-corrected chi connectivity index (χ2v) is 4.73. The van der Waals surface area contributed by atoms with Crippen LogP contribution in [0.2, 0.25) is 0 Å². The first kappa shape index (κ1) is 16.9. The van der Waals surface area contributed by atoms with Gasteiger partial charge in [-0.2, -0.15) is 0 Å². The molecule has 2 atom stereocenters. The molecule has 0 spiro atoms. The number of carbonyl (C=O) groups is 1. The van der Waals surface area contributed by atoms with E-state index in [9.17, 15) is 4.79 Å².